The maximum Gasteiger partial charge on any atom is 0.185 e. The Morgan fingerprint density at radius 1 is 1.16 bits per heavy atom. The molecule has 1 heterocycles. The highest BCUT2D eigenvalue weighted by Gasteiger charge is 2.52. The summed E-state index contributed by atoms with van der Waals surface area (Å²) in [5.74, 6) is 0.167. The fraction of sp³-hybridized carbons (Fsp3) is 0.400. The van der Waals surface area contributed by atoms with Crippen LogP contribution in [0.15, 0.2) is 47.1 Å². The molecule has 3 nitrogen and oxygen atoms in total. The van der Waals surface area contributed by atoms with Crippen molar-refractivity contribution < 1.29 is 9.22 Å². The lowest BCUT2D eigenvalue weighted by Crippen LogP contribution is -2.50. The zero-order valence-electron chi connectivity index (χ0n) is 15.4. The molecule has 0 saturated heterocycles. The molecule has 0 spiro atoms. The Bertz CT molecular complexity index is 814. The lowest BCUT2D eigenvalue weighted by molar-refractivity contribution is 0.0292. The van der Waals surface area contributed by atoms with E-state index in [4.69, 9.17) is 4.43 Å². The van der Waals surface area contributed by atoms with Gasteiger partial charge in [-0.2, -0.15) is 0 Å². The first kappa shape index (κ1) is 18.5. The van der Waals surface area contributed by atoms with E-state index in [1.165, 1.54) is 0 Å². The van der Waals surface area contributed by atoms with Gasteiger partial charge in [-0.15, -0.1) is 0 Å². The number of pyridine rings is 1. The number of ketones is 1. The molecule has 0 saturated carbocycles. The molecule has 1 aliphatic rings. The van der Waals surface area contributed by atoms with Gasteiger partial charge in [0.2, 0.25) is 0 Å². The van der Waals surface area contributed by atoms with E-state index in [2.05, 4.69) is 40.6 Å². The number of hydrogen-bond donors (Lipinski definition) is 0. The van der Waals surface area contributed by atoms with Gasteiger partial charge in [0.05, 0.1) is 5.69 Å². The highest BCUT2D eigenvalue weighted by atomic mass is 79.9. The summed E-state index contributed by atoms with van der Waals surface area (Å²) in [5, 5.41) is 0. The molecule has 1 aliphatic carbocycles. The number of carbonyl (C=O) groups is 1. The van der Waals surface area contributed by atoms with E-state index in [1.54, 1.807) is 6.20 Å². The van der Waals surface area contributed by atoms with Crippen molar-refractivity contribution in [3.05, 3.63) is 63.9 Å². The monoisotopic (exact) mass is 417 g/mol. The largest absolute Gasteiger partial charge is 0.402 e. The topological polar surface area (TPSA) is 39.2 Å². The van der Waals surface area contributed by atoms with Gasteiger partial charge in [0, 0.05) is 27.2 Å². The SMILES string of the molecule is CC1(C)CC(O[Si](C)(C)C)(c2ccccn2)c2cc(Br)ccc2C1=O. The fourth-order valence-corrected chi connectivity index (χ4v) is 5.40. The molecule has 0 N–H and O–H groups in total. The number of halogens is 1. The van der Waals surface area contributed by atoms with Gasteiger partial charge in [0.1, 0.15) is 5.60 Å². The van der Waals surface area contributed by atoms with Crippen LogP contribution in [0.1, 0.15) is 41.9 Å². The van der Waals surface area contributed by atoms with E-state index in [9.17, 15) is 4.79 Å². The highest BCUT2D eigenvalue weighted by molar-refractivity contribution is 9.10. The Morgan fingerprint density at radius 2 is 1.88 bits per heavy atom. The molecule has 0 aliphatic heterocycles. The number of fused-ring (bicyclic) bond motifs is 1. The van der Waals surface area contributed by atoms with E-state index < -0.39 is 19.3 Å². The number of aromatic nitrogens is 1. The third kappa shape index (κ3) is 3.37. The third-order valence-electron chi connectivity index (χ3n) is 4.53. The minimum Gasteiger partial charge on any atom is -0.402 e. The van der Waals surface area contributed by atoms with Crippen molar-refractivity contribution >= 4 is 30.0 Å². The molecular weight excluding hydrogens is 394 g/mol. The quantitative estimate of drug-likeness (QED) is 0.614. The summed E-state index contributed by atoms with van der Waals surface area (Å²) in [6, 6.07) is 11.8. The highest BCUT2D eigenvalue weighted by Crippen LogP contribution is 2.51. The Morgan fingerprint density at radius 3 is 2.48 bits per heavy atom. The maximum atomic E-state index is 13.1. The van der Waals surface area contributed by atoms with Crippen molar-refractivity contribution in [1.82, 2.24) is 4.98 Å². The molecule has 1 aromatic carbocycles. The van der Waals surface area contributed by atoms with E-state index in [-0.39, 0.29) is 5.78 Å². The fourth-order valence-electron chi connectivity index (χ4n) is 3.71. The summed E-state index contributed by atoms with van der Waals surface area (Å²) >= 11 is 3.57. The van der Waals surface area contributed by atoms with Gasteiger partial charge in [-0.05, 0) is 56.4 Å². The van der Waals surface area contributed by atoms with Crippen LogP contribution in [0.3, 0.4) is 0 Å². The van der Waals surface area contributed by atoms with Gasteiger partial charge in [-0.1, -0.05) is 35.8 Å². The average molecular weight is 418 g/mol. The minimum atomic E-state index is -1.94. The summed E-state index contributed by atoms with van der Waals surface area (Å²) in [4.78, 5) is 17.7. The molecule has 2 aromatic rings. The number of nitrogens with zero attached hydrogens (tertiary/aromatic N) is 1. The molecule has 0 fully saturated rings. The van der Waals surface area contributed by atoms with Gasteiger partial charge < -0.3 is 4.43 Å². The molecule has 0 bridgehead atoms. The maximum absolute atomic E-state index is 13.1. The van der Waals surface area contributed by atoms with E-state index in [0.29, 0.717) is 6.42 Å². The zero-order chi connectivity index (χ0) is 18.5. The first-order chi connectivity index (χ1) is 11.6. The number of hydrogen-bond acceptors (Lipinski definition) is 3. The first-order valence-electron chi connectivity index (χ1n) is 8.52. The zero-order valence-corrected chi connectivity index (χ0v) is 18.0. The number of carbonyl (C=O) groups excluding carboxylic acids is 1. The second kappa shape index (κ2) is 6.15. The first-order valence-corrected chi connectivity index (χ1v) is 12.7. The van der Waals surface area contributed by atoms with E-state index in [1.807, 2.05) is 50.2 Å². The van der Waals surface area contributed by atoms with Crippen molar-refractivity contribution in [2.24, 2.45) is 5.41 Å². The molecule has 1 unspecified atom stereocenters. The smallest absolute Gasteiger partial charge is 0.185 e. The second-order valence-corrected chi connectivity index (χ2v) is 13.7. The van der Waals surface area contributed by atoms with Crippen LogP contribution >= 0.6 is 15.9 Å². The van der Waals surface area contributed by atoms with Crippen LogP contribution < -0.4 is 0 Å². The molecule has 1 atom stereocenters. The van der Waals surface area contributed by atoms with Gasteiger partial charge in [-0.25, -0.2) is 0 Å². The van der Waals surface area contributed by atoms with Crippen LogP contribution in [0.25, 0.3) is 0 Å². The standard InChI is InChI=1S/C20H24BrNO2Si/c1-19(2)13-20(24-25(3,4)5,17-8-6-7-11-22-17)16-12-14(21)9-10-15(16)18(19)23/h6-12H,13H2,1-5H3. The Hall–Kier alpha value is -1.30. The lowest BCUT2D eigenvalue weighted by atomic mass is 9.65. The van der Waals surface area contributed by atoms with Gasteiger partial charge in [-0.3, -0.25) is 9.78 Å². The predicted octanol–water partition coefficient (Wildman–Crippen LogP) is 5.55. The van der Waals surface area contributed by atoms with Crippen molar-refractivity contribution in [2.75, 3.05) is 0 Å². The van der Waals surface area contributed by atoms with Crippen LogP contribution in [0, 0.1) is 5.41 Å². The Balaban J connectivity index is 2.36. The minimum absolute atomic E-state index is 0.167. The molecule has 0 amide bonds. The molecule has 132 valence electrons. The van der Waals surface area contributed by atoms with Crippen LogP contribution in [-0.2, 0) is 10.0 Å². The molecule has 3 rings (SSSR count). The number of benzene rings is 1. The summed E-state index contributed by atoms with van der Waals surface area (Å²) in [6.07, 6.45) is 2.38. The summed E-state index contributed by atoms with van der Waals surface area (Å²) in [6.45, 7) is 10.5. The summed E-state index contributed by atoms with van der Waals surface area (Å²) in [7, 11) is -1.94. The van der Waals surface area contributed by atoms with Crippen LogP contribution in [0.4, 0.5) is 0 Å². The van der Waals surface area contributed by atoms with Crippen molar-refractivity contribution in [3.8, 4) is 0 Å². The Labute approximate surface area is 159 Å². The number of rotatable bonds is 3. The van der Waals surface area contributed by atoms with Crippen molar-refractivity contribution in [2.45, 2.75) is 45.5 Å². The van der Waals surface area contributed by atoms with Crippen LogP contribution in [-0.4, -0.2) is 19.1 Å². The molecule has 25 heavy (non-hydrogen) atoms. The van der Waals surface area contributed by atoms with E-state index >= 15 is 0 Å². The molecule has 1 aromatic heterocycles. The Kier molecular flexibility index (Phi) is 4.54. The van der Waals surface area contributed by atoms with Crippen LogP contribution in [0.5, 0.6) is 0 Å². The normalized spacial score (nSPS) is 22.6. The van der Waals surface area contributed by atoms with Crippen LogP contribution in [0.2, 0.25) is 19.6 Å². The summed E-state index contributed by atoms with van der Waals surface area (Å²) in [5.41, 5.74) is 1.31. The predicted molar refractivity (Wildman–Crippen MR) is 106 cm³/mol. The average Bonchev–Trinajstić information content (AvgIpc) is 2.51. The van der Waals surface area contributed by atoms with Gasteiger partial charge in [0.15, 0.2) is 14.1 Å². The molecule has 5 heteroatoms. The van der Waals surface area contributed by atoms with Gasteiger partial charge in [0.25, 0.3) is 0 Å². The third-order valence-corrected chi connectivity index (χ3v) is 5.98. The van der Waals surface area contributed by atoms with Crippen molar-refractivity contribution in [1.29, 1.82) is 0 Å². The van der Waals surface area contributed by atoms with Crippen molar-refractivity contribution in [3.63, 3.8) is 0 Å². The number of Topliss-reactive ketones (excluding diaryl/α,β-unsaturated/α-hetero) is 1. The van der Waals surface area contributed by atoms with Gasteiger partial charge >= 0.3 is 0 Å². The summed E-state index contributed by atoms with van der Waals surface area (Å²) < 4.78 is 7.76. The lowest BCUT2D eigenvalue weighted by Gasteiger charge is -2.47. The second-order valence-electron chi connectivity index (χ2n) is 8.34. The molecule has 0 radical (unpaired) electrons. The van der Waals surface area contributed by atoms with E-state index in [0.717, 1.165) is 21.3 Å². The molecular formula is C20H24BrNO2Si.